The molecule has 1 aromatic heterocycles. The van der Waals surface area contributed by atoms with Crippen LogP contribution in [0.3, 0.4) is 0 Å². The van der Waals surface area contributed by atoms with Crippen molar-refractivity contribution in [1.82, 2.24) is 14.5 Å². The summed E-state index contributed by atoms with van der Waals surface area (Å²) in [5, 5.41) is 0. The number of carbonyl (C=O) groups excluding carboxylic acids is 1. The highest BCUT2D eigenvalue weighted by Crippen LogP contribution is 2.28. The number of rotatable bonds is 2. The van der Waals surface area contributed by atoms with Gasteiger partial charge in [0.25, 0.3) is 5.91 Å². The Bertz CT molecular complexity index is 793. The van der Waals surface area contributed by atoms with Crippen molar-refractivity contribution in [3.8, 4) is 5.75 Å². The number of carbonyl (C=O) groups is 1. The molecule has 0 spiro atoms. The van der Waals surface area contributed by atoms with Gasteiger partial charge in [0.1, 0.15) is 18.2 Å². The topological polar surface area (TPSA) is 47.4 Å². The van der Waals surface area contributed by atoms with Crippen LogP contribution in [-0.4, -0.2) is 40.1 Å². The second kappa shape index (κ2) is 6.15. The summed E-state index contributed by atoms with van der Waals surface area (Å²) < 4.78 is 7.92. The summed E-state index contributed by atoms with van der Waals surface area (Å²) in [6, 6.07) is 8.14. The Hall–Kier alpha value is -2.56. The SMILES string of the molecule is Cc1nccn1C1CCCN(C(=O)C2=Cc3ccccc3OC2)C1. The predicted molar refractivity (Wildman–Crippen MR) is 91.7 cm³/mol. The Balaban J connectivity index is 1.53. The molecule has 2 aromatic rings. The van der Waals surface area contributed by atoms with E-state index in [1.807, 2.05) is 54.6 Å². The van der Waals surface area contributed by atoms with E-state index in [2.05, 4.69) is 9.55 Å². The van der Waals surface area contributed by atoms with Crippen LogP contribution < -0.4 is 4.74 Å². The number of benzene rings is 1. The number of para-hydroxylation sites is 1. The van der Waals surface area contributed by atoms with Crippen molar-refractivity contribution < 1.29 is 9.53 Å². The molecule has 1 amide bonds. The zero-order chi connectivity index (χ0) is 16.5. The van der Waals surface area contributed by atoms with E-state index in [1.54, 1.807) is 0 Å². The monoisotopic (exact) mass is 323 g/mol. The number of piperidine rings is 1. The number of amides is 1. The van der Waals surface area contributed by atoms with Gasteiger partial charge in [-0.3, -0.25) is 4.79 Å². The lowest BCUT2D eigenvalue weighted by molar-refractivity contribution is -0.129. The Kier molecular flexibility index (Phi) is 3.84. The zero-order valence-corrected chi connectivity index (χ0v) is 13.8. The Labute approximate surface area is 141 Å². The fourth-order valence-corrected chi connectivity index (χ4v) is 3.58. The minimum absolute atomic E-state index is 0.0898. The number of fused-ring (bicyclic) bond motifs is 1. The first kappa shape index (κ1) is 15.0. The van der Waals surface area contributed by atoms with E-state index >= 15 is 0 Å². The van der Waals surface area contributed by atoms with Crippen molar-refractivity contribution >= 4 is 12.0 Å². The molecule has 5 heteroatoms. The maximum atomic E-state index is 12.9. The third kappa shape index (κ3) is 2.70. The van der Waals surface area contributed by atoms with Gasteiger partial charge >= 0.3 is 0 Å². The van der Waals surface area contributed by atoms with Gasteiger partial charge in [-0.05, 0) is 31.9 Å². The third-order valence-corrected chi connectivity index (χ3v) is 4.85. The standard InChI is InChI=1S/C19H21N3O2/c1-14-20-8-10-22(14)17-6-4-9-21(12-17)19(23)16-11-15-5-2-3-7-18(15)24-13-16/h2-3,5,7-8,10-11,17H,4,6,9,12-13H2,1H3. The lowest BCUT2D eigenvalue weighted by atomic mass is 10.0. The van der Waals surface area contributed by atoms with E-state index in [1.165, 1.54) is 0 Å². The van der Waals surface area contributed by atoms with Crippen LogP contribution in [0.25, 0.3) is 6.08 Å². The maximum absolute atomic E-state index is 12.9. The first-order chi connectivity index (χ1) is 11.7. The number of imidazole rings is 1. The molecular formula is C19H21N3O2. The number of hydrogen-bond acceptors (Lipinski definition) is 3. The van der Waals surface area contributed by atoms with Crippen LogP contribution in [0.15, 0.2) is 42.2 Å². The molecule has 2 aliphatic rings. The molecule has 4 rings (SSSR count). The highest BCUT2D eigenvalue weighted by molar-refractivity contribution is 5.99. The van der Waals surface area contributed by atoms with Crippen LogP contribution in [-0.2, 0) is 4.79 Å². The summed E-state index contributed by atoms with van der Waals surface area (Å²) in [5.74, 6) is 1.94. The van der Waals surface area contributed by atoms with Crippen molar-refractivity contribution in [3.05, 3.63) is 53.6 Å². The Morgan fingerprint density at radius 3 is 3.04 bits per heavy atom. The van der Waals surface area contributed by atoms with Crippen molar-refractivity contribution in [3.63, 3.8) is 0 Å². The minimum Gasteiger partial charge on any atom is -0.488 e. The normalized spacial score (nSPS) is 20.1. The molecule has 1 aromatic carbocycles. The van der Waals surface area contributed by atoms with E-state index in [4.69, 9.17) is 4.74 Å². The van der Waals surface area contributed by atoms with Crippen molar-refractivity contribution in [2.75, 3.05) is 19.7 Å². The average Bonchev–Trinajstić information content (AvgIpc) is 3.07. The fourth-order valence-electron chi connectivity index (χ4n) is 3.58. The molecule has 5 nitrogen and oxygen atoms in total. The number of hydrogen-bond donors (Lipinski definition) is 0. The summed E-state index contributed by atoms with van der Waals surface area (Å²) in [5.41, 5.74) is 1.71. The van der Waals surface area contributed by atoms with Gasteiger partial charge in [0.2, 0.25) is 0 Å². The van der Waals surface area contributed by atoms with Crippen LogP contribution in [0.5, 0.6) is 5.75 Å². The number of nitrogens with zero attached hydrogens (tertiary/aromatic N) is 3. The molecule has 2 aliphatic heterocycles. The van der Waals surface area contributed by atoms with Crippen molar-refractivity contribution in [2.24, 2.45) is 0 Å². The van der Waals surface area contributed by atoms with Crippen LogP contribution >= 0.6 is 0 Å². The molecule has 1 atom stereocenters. The molecule has 24 heavy (non-hydrogen) atoms. The number of likely N-dealkylation sites (tertiary alicyclic amines) is 1. The molecule has 3 heterocycles. The second-order valence-corrected chi connectivity index (χ2v) is 6.43. The highest BCUT2D eigenvalue weighted by atomic mass is 16.5. The van der Waals surface area contributed by atoms with E-state index < -0.39 is 0 Å². The van der Waals surface area contributed by atoms with Crippen molar-refractivity contribution in [1.29, 1.82) is 0 Å². The molecule has 0 aliphatic carbocycles. The van der Waals surface area contributed by atoms with Crippen LogP contribution in [0.1, 0.15) is 30.3 Å². The molecule has 1 unspecified atom stereocenters. The van der Waals surface area contributed by atoms with Gasteiger partial charge < -0.3 is 14.2 Å². The quantitative estimate of drug-likeness (QED) is 0.854. The number of aryl methyl sites for hydroxylation is 1. The summed E-state index contributed by atoms with van der Waals surface area (Å²) >= 11 is 0. The lowest BCUT2D eigenvalue weighted by Gasteiger charge is -2.34. The summed E-state index contributed by atoms with van der Waals surface area (Å²) in [4.78, 5) is 19.2. The highest BCUT2D eigenvalue weighted by Gasteiger charge is 2.28. The molecular weight excluding hydrogens is 302 g/mol. The molecule has 0 bridgehead atoms. The van der Waals surface area contributed by atoms with E-state index in [0.29, 0.717) is 12.6 Å². The van der Waals surface area contributed by atoms with Gasteiger partial charge in [0, 0.05) is 31.0 Å². The van der Waals surface area contributed by atoms with Gasteiger partial charge in [-0.25, -0.2) is 4.98 Å². The number of ether oxygens (including phenoxy) is 1. The first-order valence-corrected chi connectivity index (χ1v) is 8.43. The summed E-state index contributed by atoms with van der Waals surface area (Å²) in [6.45, 7) is 3.90. The van der Waals surface area contributed by atoms with Gasteiger partial charge in [-0.15, -0.1) is 0 Å². The Morgan fingerprint density at radius 1 is 1.33 bits per heavy atom. The van der Waals surface area contributed by atoms with Gasteiger partial charge in [0.05, 0.1) is 11.6 Å². The molecule has 1 fully saturated rings. The summed E-state index contributed by atoms with van der Waals surface area (Å²) in [7, 11) is 0. The molecule has 0 N–H and O–H groups in total. The summed E-state index contributed by atoms with van der Waals surface area (Å²) in [6.07, 6.45) is 7.89. The fraction of sp³-hybridized carbons (Fsp3) is 0.368. The predicted octanol–water partition coefficient (Wildman–Crippen LogP) is 2.83. The first-order valence-electron chi connectivity index (χ1n) is 8.43. The minimum atomic E-state index is 0.0898. The van der Waals surface area contributed by atoms with E-state index in [9.17, 15) is 4.79 Å². The largest absolute Gasteiger partial charge is 0.488 e. The van der Waals surface area contributed by atoms with Gasteiger partial charge in [-0.2, -0.15) is 0 Å². The van der Waals surface area contributed by atoms with Gasteiger partial charge in [0.15, 0.2) is 0 Å². The third-order valence-electron chi connectivity index (χ3n) is 4.85. The van der Waals surface area contributed by atoms with Crippen LogP contribution in [0.2, 0.25) is 0 Å². The molecule has 1 saturated heterocycles. The second-order valence-electron chi connectivity index (χ2n) is 6.43. The molecule has 124 valence electrons. The number of aromatic nitrogens is 2. The van der Waals surface area contributed by atoms with Crippen molar-refractivity contribution in [2.45, 2.75) is 25.8 Å². The van der Waals surface area contributed by atoms with Crippen LogP contribution in [0.4, 0.5) is 0 Å². The lowest BCUT2D eigenvalue weighted by Crippen LogP contribution is -2.42. The van der Waals surface area contributed by atoms with E-state index in [0.717, 1.165) is 48.6 Å². The van der Waals surface area contributed by atoms with Crippen LogP contribution in [0, 0.1) is 6.92 Å². The Morgan fingerprint density at radius 2 is 2.21 bits per heavy atom. The average molecular weight is 323 g/mol. The molecule has 0 radical (unpaired) electrons. The van der Waals surface area contributed by atoms with Gasteiger partial charge in [-0.1, -0.05) is 18.2 Å². The molecule has 0 saturated carbocycles. The maximum Gasteiger partial charge on any atom is 0.253 e. The smallest absolute Gasteiger partial charge is 0.253 e. The van der Waals surface area contributed by atoms with E-state index in [-0.39, 0.29) is 5.91 Å². The zero-order valence-electron chi connectivity index (χ0n) is 13.8.